The van der Waals surface area contributed by atoms with Crippen LogP contribution in [0.3, 0.4) is 0 Å². The van der Waals surface area contributed by atoms with Crippen LogP contribution in [-0.4, -0.2) is 20.1 Å². The molecule has 1 aliphatic heterocycles. The topological polar surface area (TPSA) is 9.23 Å². The van der Waals surface area contributed by atoms with Gasteiger partial charge in [0.1, 0.15) is 0 Å². The summed E-state index contributed by atoms with van der Waals surface area (Å²) in [6.07, 6.45) is -2.91. The average molecular weight is 240 g/mol. The van der Waals surface area contributed by atoms with Crippen molar-refractivity contribution in [3.63, 3.8) is 0 Å². The van der Waals surface area contributed by atoms with Crippen LogP contribution in [-0.2, 0) is 4.43 Å². The molecule has 1 fully saturated rings. The average Bonchev–Trinajstić information content (AvgIpc) is 1.97. The third-order valence-electron chi connectivity index (χ3n) is 2.94. The van der Waals surface area contributed by atoms with Crippen molar-refractivity contribution < 1.29 is 17.6 Å². The molecule has 0 bridgehead atoms. The monoisotopic (exact) mass is 240 g/mol. The zero-order valence-corrected chi connectivity index (χ0v) is 10.6. The number of hydrogen-bond donors (Lipinski definition) is 0. The van der Waals surface area contributed by atoms with E-state index in [0.717, 1.165) is 18.9 Å². The van der Waals surface area contributed by atoms with Crippen LogP contribution in [0.5, 0.6) is 0 Å². The van der Waals surface area contributed by atoms with Crippen molar-refractivity contribution >= 4 is 8.32 Å². The summed E-state index contributed by atoms with van der Waals surface area (Å²) >= 11 is 0. The summed E-state index contributed by atoms with van der Waals surface area (Å²) < 4.78 is 42.3. The minimum absolute atomic E-state index is 0.104. The van der Waals surface area contributed by atoms with Gasteiger partial charge < -0.3 is 4.43 Å². The molecule has 1 nitrogen and oxygen atoms in total. The Morgan fingerprint density at radius 2 is 1.93 bits per heavy atom. The van der Waals surface area contributed by atoms with Crippen molar-refractivity contribution in [1.82, 2.24) is 0 Å². The molecule has 0 aromatic heterocycles. The summed E-state index contributed by atoms with van der Waals surface area (Å²) in [6, 6.07) is 1.06. The fourth-order valence-electron chi connectivity index (χ4n) is 2.24. The van der Waals surface area contributed by atoms with Gasteiger partial charge in [-0.2, -0.15) is 13.2 Å². The Kier molecular flexibility index (Phi) is 3.55. The van der Waals surface area contributed by atoms with Gasteiger partial charge in [-0.1, -0.05) is 6.42 Å². The van der Waals surface area contributed by atoms with Crippen molar-refractivity contribution in [3.05, 3.63) is 0 Å². The Balaban J connectivity index is 2.51. The SMILES string of the molecule is CC1(CCC(F)(F)F)CCC[Si](C)(C)O1. The molecule has 0 saturated carbocycles. The minimum Gasteiger partial charge on any atom is -0.412 e. The van der Waals surface area contributed by atoms with Crippen LogP contribution in [0.2, 0.25) is 19.1 Å². The lowest BCUT2D eigenvalue weighted by Gasteiger charge is -2.43. The lowest BCUT2D eigenvalue weighted by atomic mass is 9.94. The van der Waals surface area contributed by atoms with E-state index in [4.69, 9.17) is 4.43 Å². The van der Waals surface area contributed by atoms with Gasteiger partial charge in [0.15, 0.2) is 8.32 Å². The van der Waals surface area contributed by atoms with Crippen molar-refractivity contribution in [2.45, 2.75) is 63.5 Å². The second kappa shape index (κ2) is 4.09. The van der Waals surface area contributed by atoms with Crippen molar-refractivity contribution in [1.29, 1.82) is 0 Å². The minimum atomic E-state index is -4.06. The van der Waals surface area contributed by atoms with Gasteiger partial charge in [0.25, 0.3) is 0 Å². The highest BCUT2D eigenvalue weighted by Crippen LogP contribution is 2.38. The molecular formula is C10H19F3OSi. The van der Waals surface area contributed by atoms with Gasteiger partial charge in [-0.05, 0) is 38.9 Å². The number of rotatable bonds is 2. The molecule has 0 radical (unpaired) electrons. The molecule has 1 heterocycles. The predicted octanol–water partition coefficient (Wildman–Crippen LogP) is 4.10. The van der Waals surface area contributed by atoms with Gasteiger partial charge in [-0.15, -0.1) is 0 Å². The molecule has 1 rings (SSSR count). The van der Waals surface area contributed by atoms with Gasteiger partial charge in [0.2, 0.25) is 0 Å². The van der Waals surface area contributed by atoms with E-state index in [-0.39, 0.29) is 6.42 Å². The summed E-state index contributed by atoms with van der Waals surface area (Å²) in [7, 11) is -1.69. The zero-order valence-electron chi connectivity index (χ0n) is 9.58. The third-order valence-corrected chi connectivity index (χ3v) is 5.55. The molecule has 15 heavy (non-hydrogen) atoms. The van der Waals surface area contributed by atoms with E-state index in [1.54, 1.807) is 0 Å². The van der Waals surface area contributed by atoms with E-state index in [0.29, 0.717) is 0 Å². The van der Waals surface area contributed by atoms with Crippen LogP contribution in [0.25, 0.3) is 0 Å². The Morgan fingerprint density at radius 1 is 1.33 bits per heavy atom. The van der Waals surface area contributed by atoms with E-state index >= 15 is 0 Å². The molecule has 0 aromatic carbocycles. The molecule has 0 amide bonds. The van der Waals surface area contributed by atoms with Crippen LogP contribution in [0, 0.1) is 0 Å². The first-order valence-corrected chi connectivity index (χ1v) is 8.50. The van der Waals surface area contributed by atoms with Crippen LogP contribution >= 0.6 is 0 Å². The van der Waals surface area contributed by atoms with Gasteiger partial charge in [0, 0.05) is 6.42 Å². The molecule has 0 aliphatic carbocycles. The van der Waals surface area contributed by atoms with Gasteiger partial charge in [0.05, 0.1) is 5.60 Å². The largest absolute Gasteiger partial charge is 0.412 e. The fraction of sp³-hybridized carbons (Fsp3) is 1.00. The summed E-state index contributed by atoms with van der Waals surface area (Å²) in [6.45, 7) is 5.99. The van der Waals surface area contributed by atoms with Crippen LogP contribution in [0.15, 0.2) is 0 Å². The van der Waals surface area contributed by atoms with Crippen LogP contribution < -0.4 is 0 Å². The van der Waals surface area contributed by atoms with Crippen LogP contribution in [0.4, 0.5) is 13.2 Å². The quantitative estimate of drug-likeness (QED) is 0.660. The fourth-order valence-corrected chi connectivity index (χ4v) is 4.91. The summed E-state index contributed by atoms with van der Waals surface area (Å²) in [5.41, 5.74) is -0.538. The normalized spacial score (nSPS) is 31.6. The number of hydrogen-bond acceptors (Lipinski definition) is 1. The van der Waals surface area contributed by atoms with Crippen molar-refractivity contribution in [2.24, 2.45) is 0 Å². The predicted molar refractivity (Wildman–Crippen MR) is 56.3 cm³/mol. The molecule has 0 spiro atoms. The maximum Gasteiger partial charge on any atom is 0.389 e. The van der Waals surface area contributed by atoms with E-state index < -0.39 is 26.5 Å². The second-order valence-corrected chi connectivity index (χ2v) is 9.50. The van der Waals surface area contributed by atoms with Gasteiger partial charge in [-0.3, -0.25) is 0 Å². The van der Waals surface area contributed by atoms with Gasteiger partial charge in [-0.25, -0.2) is 0 Å². The maximum absolute atomic E-state index is 12.1. The molecule has 1 unspecified atom stereocenters. The Morgan fingerprint density at radius 3 is 2.40 bits per heavy atom. The third kappa shape index (κ3) is 4.55. The van der Waals surface area contributed by atoms with Crippen LogP contribution in [0.1, 0.15) is 32.6 Å². The second-order valence-electron chi connectivity index (χ2n) is 5.28. The summed E-state index contributed by atoms with van der Waals surface area (Å²) in [4.78, 5) is 0. The first-order chi connectivity index (χ1) is 6.62. The Bertz CT molecular complexity index is 227. The van der Waals surface area contributed by atoms with E-state index in [1.165, 1.54) is 0 Å². The smallest absolute Gasteiger partial charge is 0.389 e. The molecule has 0 N–H and O–H groups in total. The number of halogens is 3. The molecule has 1 aliphatic rings. The molecular weight excluding hydrogens is 221 g/mol. The molecule has 5 heteroatoms. The van der Waals surface area contributed by atoms with Crippen molar-refractivity contribution in [2.75, 3.05) is 0 Å². The Labute approximate surface area is 90.1 Å². The summed E-state index contributed by atoms with van der Waals surface area (Å²) in [5, 5.41) is 0. The zero-order chi connectivity index (χ0) is 11.7. The van der Waals surface area contributed by atoms with Crippen molar-refractivity contribution in [3.8, 4) is 0 Å². The highest BCUT2D eigenvalue weighted by Gasteiger charge is 2.41. The van der Waals surface area contributed by atoms with E-state index in [1.807, 2.05) is 6.92 Å². The lowest BCUT2D eigenvalue weighted by molar-refractivity contribution is -0.145. The maximum atomic E-state index is 12.1. The highest BCUT2D eigenvalue weighted by atomic mass is 28.4. The molecule has 1 atom stereocenters. The first kappa shape index (κ1) is 13.0. The lowest BCUT2D eigenvalue weighted by Crippen LogP contribution is -2.47. The van der Waals surface area contributed by atoms with E-state index in [2.05, 4.69) is 13.1 Å². The van der Waals surface area contributed by atoms with E-state index in [9.17, 15) is 13.2 Å². The first-order valence-electron chi connectivity index (χ1n) is 5.39. The Hall–Kier alpha value is -0.0331. The molecule has 0 aromatic rings. The molecule has 1 saturated heterocycles. The summed E-state index contributed by atoms with van der Waals surface area (Å²) in [5.74, 6) is 0. The van der Waals surface area contributed by atoms with Gasteiger partial charge >= 0.3 is 6.18 Å². The molecule has 90 valence electrons. The number of alkyl halides is 3. The standard InChI is InChI=1S/C10H19F3OSi/c1-9(6-7-10(11,12)13)5-4-8-15(2,3)14-9/h4-8H2,1-3H3. The highest BCUT2D eigenvalue weighted by molar-refractivity contribution is 6.71.